The quantitative estimate of drug-likeness (QED) is 0.253. The van der Waals surface area contributed by atoms with E-state index in [4.69, 9.17) is 30.8 Å². The maximum atomic E-state index is 10.7. The van der Waals surface area contributed by atoms with E-state index < -0.39 is 19.6 Å². The third-order valence-electron chi connectivity index (χ3n) is 4.47. The average Bonchev–Trinajstić information content (AvgIpc) is 2.95. The summed E-state index contributed by atoms with van der Waals surface area (Å²) in [5.41, 5.74) is 3.79. The van der Waals surface area contributed by atoms with E-state index in [0.29, 0.717) is 16.7 Å². The number of nitriles is 2. The van der Waals surface area contributed by atoms with E-state index in [9.17, 15) is 9.59 Å². The van der Waals surface area contributed by atoms with E-state index in [1.807, 2.05) is 30.3 Å². The van der Waals surface area contributed by atoms with Gasteiger partial charge in [0.25, 0.3) is 0 Å². The van der Waals surface area contributed by atoms with Gasteiger partial charge in [0.05, 0.1) is 34.4 Å². The molecular weight excluding hydrogens is 551 g/mol. The maximum absolute atomic E-state index is 10.7. The van der Waals surface area contributed by atoms with Crippen molar-refractivity contribution in [1.82, 2.24) is 0 Å². The number of hydrogen-bond acceptors (Lipinski definition) is 6. The third kappa shape index (κ3) is 11.8. The normalized spacial score (nSPS) is 8.76. The highest BCUT2D eigenvalue weighted by molar-refractivity contribution is 9.10. The van der Waals surface area contributed by atoms with Crippen LogP contribution in [0.15, 0.2) is 108 Å². The first-order valence-electron chi connectivity index (χ1n) is 10.7. The maximum Gasteiger partial charge on any atom is 0.432 e. The molecule has 0 aliphatic carbocycles. The average molecular weight is 573 g/mol. The molecular formula is C28H22BBrN2O6. The second-order valence-corrected chi connectivity index (χ2v) is 7.92. The molecule has 0 spiro atoms. The minimum atomic E-state index is -0.934. The molecule has 4 aromatic rings. The van der Waals surface area contributed by atoms with E-state index in [0.717, 1.165) is 15.6 Å². The Morgan fingerprint density at radius 1 is 0.605 bits per heavy atom. The predicted octanol–water partition coefficient (Wildman–Crippen LogP) is 4.87. The summed E-state index contributed by atoms with van der Waals surface area (Å²) in [5.74, 6) is -1.81. The molecule has 0 amide bonds. The van der Waals surface area contributed by atoms with Crippen LogP contribution in [-0.4, -0.2) is 39.9 Å². The summed E-state index contributed by atoms with van der Waals surface area (Å²) in [7, 11) is -0.750. The Balaban J connectivity index is 0.000000292. The zero-order valence-corrected chi connectivity index (χ0v) is 21.5. The van der Waals surface area contributed by atoms with E-state index in [-0.39, 0.29) is 5.56 Å². The fraction of sp³-hybridized carbons (Fsp3) is 0. The number of benzene rings is 4. The first-order chi connectivity index (χ1) is 18.2. The Bertz CT molecular complexity index is 1370. The zero-order chi connectivity index (χ0) is 28.3. The summed E-state index contributed by atoms with van der Waals surface area (Å²) in [4.78, 5) is 20.9. The molecule has 0 bridgehead atoms. The van der Waals surface area contributed by atoms with Gasteiger partial charge in [0.1, 0.15) is 0 Å². The molecule has 10 heteroatoms. The van der Waals surface area contributed by atoms with Crippen LogP contribution in [0.4, 0.5) is 0 Å². The largest absolute Gasteiger partial charge is 0.478 e. The topological polar surface area (TPSA) is 163 Å². The smallest absolute Gasteiger partial charge is 0.432 e. The van der Waals surface area contributed by atoms with Gasteiger partial charge in [-0.1, -0.05) is 58.4 Å². The Labute approximate surface area is 228 Å². The molecule has 38 heavy (non-hydrogen) atoms. The van der Waals surface area contributed by atoms with Gasteiger partial charge >= 0.3 is 19.6 Å². The molecule has 8 nitrogen and oxygen atoms in total. The van der Waals surface area contributed by atoms with Crippen molar-refractivity contribution in [1.29, 1.82) is 10.5 Å². The first kappa shape index (κ1) is 31.3. The molecule has 190 valence electrons. The first-order valence-corrected chi connectivity index (χ1v) is 11.5. The van der Waals surface area contributed by atoms with Gasteiger partial charge in [-0.2, -0.15) is 10.5 Å². The van der Waals surface area contributed by atoms with E-state index in [2.05, 4.69) is 22.0 Å². The number of carboxylic acids is 2. The van der Waals surface area contributed by atoms with Crippen molar-refractivity contribution in [2.24, 2.45) is 0 Å². The van der Waals surface area contributed by atoms with Crippen molar-refractivity contribution in [2.45, 2.75) is 0 Å². The minimum Gasteiger partial charge on any atom is -0.478 e. The van der Waals surface area contributed by atoms with Crippen LogP contribution in [0.1, 0.15) is 31.8 Å². The number of hydrogen-bond donors (Lipinski definition) is 4. The van der Waals surface area contributed by atoms with Crippen molar-refractivity contribution in [3.8, 4) is 23.3 Å². The van der Waals surface area contributed by atoms with Gasteiger partial charge in [-0.25, -0.2) is 9.59 Å². The van der Waals surface area contributed by atoms with E-state index in [1.54, 1.807) is 78.9 Å². The number of halogens is 1. The Morgan fingerprint density at radius 2 is 0.947 bits per heavy atom. The lowest BCUT2D eigenvalue weighted by molar-refractivity contribution is 0.0686. The van der Waals surface area contributed by atoms with Gasteiger partial charge in [-0.05, 0) is 71.8 Å². The lowest BCUT2D eigenvalue weighted by Crippen LogP contribution is -1.94. The van der Waals surface area contributed by atoms with Gasteiger partial charge in [-0.3, -0.25) is 0 Å². The summed E-state index contributed by atoms with van der Waals surface area (Å²) in [6.07, 6.45) is 0. The fourth-order valence-corrected chi connectivity index (χ4v) is 2.91. The van der Waals surface area contributed by atoms with Crippen LogP contribution in [0.5, 0.6) is 0 Å². The van der Waals surface area contributed by atoms with E-state index >= 15 is 0 Å². The number of aromatic carboxylic acids is 2. The van der Waals surface area contributed by atoms with Crippen LogP contribution >= 0.6 is 15.9 Å². The van der Waals surface area contributed by atoms with Crippen molar-refractivity contribution in [3.63, 3.8) is 0 Å². The predicted molar refractivity (Wildman–Crippen MR) is 147 cm³/mol. The summed E-state index contributed by atoms with van der Waals surface area (Å²) >= 11 is 3.27. The molecule has 0 saturated carbocycles. The summed E-state index contributed by atoms with van der Waals surface area (Å²) < 4.78 is 1.00. The highest BCUT2D eigenvalue weighted by Crippen LogP contribution is 2.20. The van der Waals surface area contributed by atoms with Crippen LogP contribution in [0.2, 0.25) is 0 Å². The van der Waals surface area contributed by atoms with Crippen LogP contribution < -0.4 is 0 Å². The van der Waals surface area contributed by atoms with E-state index in [1.165, 1.54) is 0 Å². The third-order valence-corrected chi connectivity index (χ3v) is 5.00. The standard InChI is InChI=1S/C14H9NO2.C7H4BrN.C7H6O2.BH3O2/c15-9-10-1-3-11(4-2-10)12-5-7-13(8-6-12)14(16)17;8-7-3-1-6(5-9)2-4-7;8-7(9)6-4-2-1-3-5-6;2-1-3/h1-8H,(H,16,17);1-4H;1-5H,(H,8,9);1-3H. The van der Waals surface area contributed by atoms with Crippen LogP contribution in [0.25, 0.3) is 11.1 Å². The Morgan fingerprint density at radius 3 is 1.29 bits per heavy atom. The number of nitrogens with zero attached hydrogens (tertiary/aromatic N) is 2. The van der Waals surface area contributed by atoms with Crippen molar-refractivity contribution in [3.05, 3.63) is 130 Å². The molecule has 0 heterocycles. The van der Waals surface area contributed by atoms with Crippen molar-refractivity contribution < 1.29 is 29.9 Å². The van der Waals surface area contributed by atoms with Gasteiger partial charge < -0.3 is 20.3 Å². The lowest BCUT2D eigenvalue weighted by atomic mass is 10.0. The number of rotatable bonds is 3. The molecule has 4 N–H and O–H groups in total. The Kier molecular flexibility index (Phi) is 14.5. The molecule has 0 radical (unpaired) electrons. The Hall–Kier alpha value is -4.74. The minimum absolute atomic E-state index is 0.266. The molecule has 0 fully saturated rings. The van der Waals surface area contributed by atoms with Crippen molar-refractivity contribution >= 4 is 35.6 Å². The summed E-state index contributed by atoms with van der Waals surface area (Å²) in [6.45, 7) is 0. The molecule has 4 rings (SSSR count). The summed E-state index contributed by atoms with van der Waals surface area (Å²) in [5, 5.41) is 48.5. The highest BCUT2D eigenvalue weighted by Gasteiger charge is 2.03. The monoisotopic (exact) mass is 572 g/mol. The highest BCUT2D eigenvalue weighted by atomic mass is 79.9. The fourth-order valence-electron chi connectivity index (χ4n) is 2.65. The summed E-state index contributed by atoms with van der Waals surface area (Å²) in [6, 6.07) is 33.4. The van der Waals surface area contributed by atoms with Crippen LogP contribution in [0, 0.1) is 22.7 Å². The second kappa shape index (κ2) is 17.7. The molecule has 0 aliphatic heterocycles. The molecule has 0 aromatic heterocycles. The van der Waals surface area contributed by atoms with Crippen molar-refractivity contribution in [2.75, 3.05) is 0 Å². The van der Waals surface area contributed by atoms with Crippen LogP contribution in [0.3, 0.4) is 0 Å². The SMILES string of the molecule is N#Cc1ccc(-c2ccc(C(=O)O)cc2)cc1.N#Cc1ccc(Br)cc1.O=C(O)c1ccccc1.OBO. The van der Waals surface area contributed by atoms with Gasteiger partial charge in [0.15, 0.2) is 0 Å². The molecule has 0 saturated heterocycles. The molecule has 0 aliphatic rings. The number of carbonyl (C=O) groups is 2. The zero-order valence-electron chi connectivity index (χ0n) is 19.9. The molecule has 0 unspecified atom stereocenters. The molecule has 4 aromatic carbocycles. The van der Waals surface area contributed by atoms with Crippen LogP contribution in [-0.2, 0) is 0 Å². The van der Waals surface area contributed by atoms with Gasteiger partial charge in [0.2, 0.25) is 0 Å². The second-order valence-electron chi connectivity index (χ2n) is 7.00. The van der Waals surface area contributed by atoms with Gasteiger partial charge in [-0.15, -0.1) is 0 Å². The van der Waals surface area contributed by atoms with Gasteiger partial charge in [0, 0.05) is 4.47 Å². The molecule has 0 atom stereocenters. The lowest BCUT2D eigenvalue weighted by Gasteiger charge is -2.02. The number of carboxylic acid groups (broad SMARTS) is 2.